The van der Waals surface area contributed by atoms with Crippen LogP contribution in [0.15, 0.2) is 42.5 Å². The van der Waals surface area contributed by atoms with Crippen molar-refractivity contribution < 1.29 is 13.9 Å². The van der Waals surface area contributed by atoms with Crippen LogP contribution in [0.1, 0.15) is 25.0 Å². The van der Waals surface area contributed by atoms with Crippen molar-refractivity contribution in [3.63, 3.8) is 0 Å². The topological polar surface area (TPSA) is 44.5 Å². The van der Waals surface area contributed by atoms with Gasteiger partial charge in [0.15, 0.2) is 11.6 Å². The molecule has 0 atom stereocenters. The highest BCUT2D eigenvalue weighted by molar-refractivity contribution is 5.45. The molecule has 3 nitrogen and oxygen atoms in total. The van der Waals surface area contributed by atoms with E-state index in [0.717, 1.165) is 5.56 Å². The Labute approximate surface area is 124 Å². The molecular weight excluding hydrogens is 269 g/mol. The van der Waals surface area contributed by atoms with Crippen LogP contribution in [-0.4, -0.2) is 7.11 Å². The summed E-state index contributed by atoms with van der Waals surface area (Å²) in [4.78, 5) is 0. The predicted octanol–water partition coefficient (Wildman–Crippen LogP) is 3.61. The predicted molar refractivity (Wildman–Crippen MR) is 80.9 cm³/mol. The van der Waals surface area contributed by atoms with Crippen molar-refractivity contribution in [2.24, 2.45) is 5.73 Å². The molecular formula is C17H20FNO2. The molecule has 0 aliphatic carbocycles. The molecule has 0 heterocycles. The van der Waals surface area contributed by atoms with Gasteiger partial charge in [-0.25, -0.2) is 4.39 Å². The first-order chi connectivity index (χ1) is 9.93. The third kappa shape index (κ3) is 3.52. The van der Waals surface area contributed by atoms with Crippen molar-refractivity contribution in [2.75, 3.05) is 7.11 Å². The van der Waals surface area contributed by atoms with E-state index in [1.165, 1.54) is 7.11 Å². The maximum atomic E-state index is 14.6. The van der Waals surface area contributed by atoms with Crippen LogP contribution in [0.25, 0.3) is 0 Å². The van der Waals surface area contributed by atoms with Crippen LogP contribution in [0.3, 0.4) is 0 Å². The fourth-order valence-electron chi connectivity index (χ4n) is 2.16. The fourth-order valence-corrected chi connectivity index (χ4v) is 2.16. The van der Waals surface area contributed by atoms with Gasteiger partial charge in [-0.05, 0) is 31.5 Å². The van der Waals surface area contributed by atoms with Crippen molar-refractivity contribution in [1.82, 2.24) is 0 Å². The first kappa shape index (κ1) is 15.3. The molecule has 2 rings (SSSR count). The van der Waals surface area contributed by atoms with E-state index in [4.69, 9.17) is 15.2 Å². The molecule has 0 spiro atoms. The summed E-state index contributed by atoms with van der Waals surface area (Å²) < 4.78 is 25.4. The van der Waals surface area contributed by atoms with Gasteiger partial charge >= 0.3 is 0 Å². The van der Waals surface area contributed by atoms with Crippen LogP contribution in [0.2, 0.25) is 0 Å². The van der Waals surface area contributed by atoms with Gasteiger partial charge in [-0.1, -0.05) is 30.3 Å². The van der Waals surface area contributed by atoms with Gasteiger partial charge in [0.2, 0.25) is 0 Å². The molecule has 0 fully saturated rings. The van der Waals surface area contributed by atoms with E-state index in [-0.39, 0.29) is 5.75 Å². The first-order valence-corrected chi connectivity index (χ1v) is 6.76. The first-order valence-electron chi connectivity index (χ1n) is 6.76. The third-order valence-electron chi connectivity index (χ3n) is 3.17. The molecule has 0 saturated carbocycles. The second-order valence-corrected chi connectivity index (χ2v) is 5.45. The number of benzene rings is 2. The standard InChI is InChI=1S/C17H20FNO2/c1-17(2,19)15-13(20-3)9-10-14(16(15)18)21-11-12-7-5-4-6-8-12/h4-10H,11,19H2,1-3H3. The summed E-state index contributed by atoms with van der Waals surface area (Å²) >= 11 is 0. The van der Waals surface area contributed by atoms with Gasteiger partial charge in [0, 0.05) is 5.54 Å². The number of hydrogen-bond acceptors (Lipinski definition) is 3. The Morgan fingerprint density at radius 1 is 1.05 bits per heavy atom. The fraction of sp³-hybridized carbons (Fsp3) is 0.294. The average Bonchev–Trinajstić information content (AvgIpc) is 2.45. The molecule has 0 saturated heterocycles. The Morgan fingerprint density at radius 3 is 2.24 bits per heavy atom. The zero-order valence-electron chi connectivity index (χ0n) is 12.5. The maximum Gasteiger partial charge on any atom is 0.173 e. The van der Waals surface area contributed by atoms with E-state index in [2.05, 4.69) is 0 Å². The summed E-state index contributed by atoms with van der Waals surface area (Å²) in [7, 11) is 1.49. The molecule has 0 bridgehead atoms. The van der Waals surface area contributed by atoms with E-state index in [1.807, 2.05) is 30.3 Å². The Bertz CT molecular complexity index is 606. The highest BCUT2D eigenvalue weighted by atomic mass is 19.1. The summed E-state index contributed by atoms with van der Waals surface area (Å²) in [6, 6.07) is 12.8. The van der Waals surface area contributed by atoms with Crippen LogP contribution < -0.4 is 15.2 Å². The molecule has 4 heteroatoms. The Kier molecular flexibility index (Phi) is 4.48. The molecule has 0 aromatic heterocycles. The summed E-state index contributed by atoms with van der Waals surface area (Å²) in [5.41, 5.74) is 6.46. The van der Waals surface area contributed by atoms with Gasteiger partial charge < -0.3 is 15.2 Å². The number of ether oxygens (including phenoxy) is 2. The average molecular weight is 289 g/mol. The monoisotopic (exact) mass is 289 g/mol. The van der Waals surface area contributed by atoms with Crippen LogP contribution in [0.5, 0.6) is 11.5 Å². The van der Waals surface area contributed by atoms with Crippen molar-refractivity contribution in [2.45, 2.75) is 26.0 Å². The lowest BCUT2D eigenvalue weighted by atomic mass is 9.93. The van der Waals surface area contributed by atoms with Crippen LogP contribution in [0, 0.1) is 5.82 Å². The second kappa shape index (κ2) is 6.14. The largest absolute Gasteiger partial charge is 0.496 e. The van der Waals surface area contributed by atoms with Crippen molar-refractivity contribution >= 4 is 0 Å². The van der Waals surface area contributed by atoms with Gasteiger partial charge in [0.25, 0.3) is 0 Å². The van der Waals surface area contributed by atoms with Gasteiger partial charge in [-0.15, -0.1) is 0 Å². The molecule has 2 aromatic rings. The zero-order chi connectivity index (χ0) is 15.5. The minimum Gasteiger partial charge on any atom is -0.496 e. The summed E-state index contributed by atoms with van der Waals surface area (Å²) in [5, 5.41) is 0. The lowest BCUT2D eigenvalue weighted by molar-refractivity contribution is 0.284. The highest BCUT2D eigenvalue weighted by Crippen LogP contribution is 2.35. The van der Waals surface area contributed by atoms with Crippen molar-refractivity contribution in [1.29, 1.82) is 0 Å². The molecule has 21 heavy (non-hydrogen) atoms. The van der Waals surface area contributed by atoms with Gasteiger partial charge in [-0.3, -0.25) is 0 Å². The Morgan fingerprint density at radius 2 is 1.67 bits per heavy atom. The number of methoxy groups -OCH3 is 1. The van der Waals surface area contributed by atoms with E-state index in [9.17, 15) is 4.39 Å². The molecule has 0 aliphatic rings. The molecule has 2 N–H and O–H groups in total. The number of rotatable bonds is 5. The molecule has 0 aliphatic heterocycles. The second-order valence-electron chi connectivity index (χ2n) is 5.45. The zero-order valence-corrected chi connectivity index (χ0v) is 12.5. The highest BCUT2D eigenvalue weighted by Gasteiger charge is 2.26. The van der Waals surface area contributed by atoms with Gasteiger partial charge in [0.05, 0.1) is 12.7 Å². The quantitative estimate of drug-likeness (QED) is 0.914. The number of hydrogen-bond donors (Lipinski definition) is 1. The van der Waals surface area contributed by atoms with Crippen LogP contribution in [-0.2, 0) is 12.1 Å². The maximum absolute atomic E-state index is 14.6. The Balaban J connectivity index is 2.29. The lowest BCUT2D eigenvalue weighted by Gasteiger charge is -2.24. The van der Waals surface area contributed by atoms with Gasteiger partial charge in [0.1, 0.15) is 12.4 Å². The molecule has 0 unspecified atom stereocenters. The molecule has 0 amide bonds. The van der Waals surface area contributed by atoms with Crippen molar-refractivity contribution in [3.8, 4) is 11.5 Å². The SMILES string of the molecule is COc1ccc(OCc2ccccc2)c(F)c1C(C)(C)N. The lowest BCUT2D eigenvalue weighted by Crippen LogP contribution is -2.30. The molecule has 0 radical (unpaired) electrons. The number of nitrogens with two attached hydrogens (primary N) is 1. The van der Waals surface area contributed by atoms with E-state index < -0.39 is 11.4 Å². The molecule has 2 aromatic carbocycles. The van der Waals surface area contributed by atoms with E-state index in [1.54, 1.807) is 26.0 Å². The third-order valence-corrected chi connectivity index (χ3v) is 3.17. The minimum atomic E-state index is -0.860. The summed E-state index contributed by atoms with van der Waals surface area (Å²) in [6.07, 6.45) is 0. The smallest absolute Gasteiger partial charge is 0.173 e. The summed E-state index contributed by atoms with van der Waals surface area (Å²) in [5.74, 6) is 0.123. The number of halogens is 1. The van der Waals surface area contributed by atoms with Gasteiger partial charge in [-0.2, -0.15) is 0 Å². The summed E-state index contributed by atoms with van der Waals surface area (Å²) in [6.45, 7) is 3.76. The van der Waals surface area contributed by atoms with E-state index in [0.29, 0.717) is 17.9 Å². The normalized spacial score (nSPS) is 11.3. The van der Waals surface area contributed by atoms with Crippen LogP contribution >= 0.6 is 0 Å². The Hall–Kier alpha value is -2.07. The molecule has 112 valence electrons. The minimum absolute atomic E-state index is 0.174. The van der Waals surface area contributed by atoms with Crippen LogP contribution in [0.4, 0.5) is 4.39 Å². The van der Waals surface area contributed by atoms with E-state index >= 15 is 0 Å². The van der Waals surface area contributed by atoms with Crippen molar-refractivity contribution in [3.05, 3.63) is 59.4 Å².